The van der Waals surface area contributed by atoms with Crippen LogP contribution in [0.2, 0.25) is 0 Å². The summed E-state index contributed by atoms with van der Waals surface area (Å²) in [5.41, 5.74) is 2.74. The van der Waals surface area contributed by atoms with E-state index in [-0.39, 0.29) is 0 Å². The highest BCUT2D eigenvalue weighted by Crippen LogP contribution is 2.42. The number of benzene rings is 1. The molecule has 1 heteroatoms. The summed E-state index contributed by atoms with van der Waals surface area (Å²) >= 11 is 0. The Morgan fingerprint density at radius 2 is 2.25 bits per heavy atom. The van der Waals surface area contributed by atoms with Crippen molar-refractivity contribution in [3.63, 3.8) is 0 Å². The Morgan fingerprint density at radius 3 is 2.81 bits per heavy atom. The van der Waals surface area contributed by atoms with Gasteiger partial charge in [0.05, 0.1) is 6.61 Å². The molecule has 1 aliphatic carbocycles. The molecule has 0 N–H and O–H groups in total. The molecule has 0 bridgehead atoms. The average molecular weight is 216 g/mol. The molecule has 0 heterocycles. The number of ether oxygens (including phenoxy) is 1. The maximum absolute atomic E-state index is 5.67. The minimum Gasteiger partial charge on any atom is -0.494 e. The Balaban J connectivity index is 2.33. The second kappa shape index (κ2) is 4.73. The molecule has 0 radical (unpaired) electrons. The maximum Gasteiger partial charge on any atom is 0.123 e. The maximum atomic E-state index is 5.67. The molecular formula is C15H20O. The van der Waals surface area contributed by atoms with Crippen LogP contribution in [0.25, 0.3) is 0 Å². The molecule has 1 unspecified atom stereocenters. The van der Waals surface area contributed by atoms with Crippen LogP contribution in [-0.4, -0.2) is 6.61 Å². The van der Waals surface area contributed by atoms with Crippen molar-refractivity contribution < 1.29 is 4.74 Å². The van der Waals surface area contributed by atoms with Crippen LogP contribution in [0, 0.1) is 0 Å². The van der Waals surface area contributed by atoms with Crippen LogP contribution in [0.4, 0.5) is 0 Å². The lowest BCUT2D eigenvalue weighted by Crippen LogP contribution is -1.99. The second-order valence-corrected chi connectivity index (χ2v) is 4.53. The molecule has 1 aromatic rings. The van der Waals surface area contributed by atoms with E-state index in [2.05, 4.69) is 31.7 Å². The van der Waals surface area contributed by atoms with Crippen molar-refractivity contribution in [3.8, 4) is 5.75 Å². The van der Waals surface area contributed by atoms with Crippen LogP contribution in [-0.2, 0) is 0 Å². The first-order chi connectivity index (χ1) is 7.76. The third-order valence-electron chi connectivity index (χ3n) is 3.23. The Labute approximate surface area is 98.1 Å². The quantitative estimate of drug-likeness (QED) is 0.668. The molecule has 2 rings (SSSR count). The molecule has 1 fully saturated rings. The van der Waals surface area contributed by atoms with Gasteiger partial charge in [-0.2, -0.15) is 0 Å². The molecule has 0 saturated heterocycles. The van der Waals surface area contributed by atoms with Gasteiger partial charge in [0.1, 0.15) is 5.75 Å². The van der Waals surface area contributed by atoms with Gasteiger partial charge in [-0.3, -0.25) is 0 Å². The standard InChI is InChI=1S/C15H20O/c1-4-11(3)14-10-13(12-6-7-12)8-9-15(14)16-5-2/h4,8-12H,1,5-7H2,2-3H3. The number of allylic oxidation sites excluding steroid dienone is 1. The highest BCUT2D eigenvalue weighted by atomic mass is 16.5. The fraction of sp³-hybridized carbons (Fsp3) is 0.467. The van der Waals surface area contributed by atoms with Gasteiger partial charge in [0.2, 0.25) is 0 Å². The third-order valence-corrected chi connectivity index (χ3v) is 3.23. The fourth-order valence-electron chi connectivity index (χ4n) is 2.01. The van der Waals surface area contributed by atoms with Gasteiger partial charge in [0.25, 0.3) is 0 Å². The Morgan fingerprint density at radius 1 is 1.50 bits per heavy atom. The van der Waals surface area contributed by atoms with Gasteiger partial charge in [0.15, 0.2) is 0 Å². The molecular weight excluding hydrogens is 196 g/mol. The van der Waals surface area contributed by atoms with Crippen LogP contribution in [0.15, 0.2) is 30.9 Å². The molecule has 16 heavy (non-hydrogen) atoms. The second-order valence-electron chi connectivity index (χ2n) is 4.53. The molecule has 0 aliphatic heterocycles. The summed E-state index contributed by atoms with van der Waals surface area (Å²) in [5.74, 6) is 2.17. The number of rotatable bonds is 5. The number of hydrogen-bond donors (Lipinski definition) is 0. The van der Waals surface area contributed by atoms with Gasteiger partial charge in [-0.05, 0) is 37.3 Å². The summed E-state index contributed by atoms with van der Waals surface area (Å²) in [6.07, 6.45) is 4.67. The highest BCUT2D eigenvalue weighted by molar-refractivity contribution is 5.43. The molecule has 0 aromatic heterocycles. The topological polar surface area (TPSA) is 9.23 Å². The van der Waals surface area contributed by atoms with Gasteiger partial charge in [-0.15, -0.1) is 6.58 Å². The molecule has 1 aliphatic rings. The van der Waals surface area contributed by atoms with E-state index in [0.29, 0.717) is 5.92 Å². The van der Waals surface area contributed by atoms with E-state index in [1.807, 2.05) is 13.0 Å². The van der Waals surface area contributed by atoms with Crippen LogP contribution < -0.4 is 4.74 Å². The number of hydrogen-bond acceptors (Lipinski definition) is 1. The first-order valence-corrected chi connectivity index (χ1v) is 6.15. The van der Waals surface area contributed by atoms with E-state index < -0.39 is 0 Å². The van der Waals surface area contributed by atoms with Crippen LogP contribution in [0.5, 0.6) is 5.75 Å². The SMILES string of the molecule is C=CC(C)c1cc(C2CC2)ccc1OCC. The lowest BCUT2D eigenvalue weighted by Gasteiger charge is -2.15. The van der Waals surface area contributed by atoms with Crippen molar-refractivity contribution in [1.29, 1.82) is 0 Å². The molecule has 0 spiro atoms. The minimum atomic E-state index is 0.361. The summed E-state index contributed by atoms with van der Waals surface area (Å²) < 4.78 is 5.67. The first kappa shape index (κ1) is 11.3. The zero-order valence-corrected chi connectivity index (χ0v) is 10.2. The normalized spacial score (nSPS) is 16.9. The third kappa shape index (κ3) is 2.29. The van der Waals surface area contributed by atoms with Gasteiger partial charge >= 0.3 is 0 Å². The predicted octanol–water partition coefficient (Wildman–Crippen LogP) is 4.25. The molecule has 1 aromatic carbocycles. The Hall–Kier alpha value is -1.24. The summed E-state index contributed by atoms with van der Waals surface area (Å²) in [6, 6.07) is 6.63. The first-order valence-electron chi connectivity index (χ1n) is 6.15. The fourth-order valence-corrected chi connectivity index (χ4v) is 2.01. The average Bonchev–Trinajstić information content (AvgIpc) is 3.13. The lowest BCUT2D eigenvalue weighted by molar-refractivity contribution is 0.336. The highest BCUT2D eigenvalue weighted by Gasteiger charge is 2.24. The zero-order chi connectivity index (χ0) is 11.5. The van der Waals surface area contributed by atoms with Gasteiger partial charge in [-0.25, -0.2) is 0 Å². The van der Waals surface area contributed by atoms with E-state index in [0.717, 1.165) is 18.3 Å². The molecule has 0 amide bonds. The lowest BCUT2D eigenvalue weighted by atomic mass is 9.96. The largest absolute Gasteiger partial charge is 0.494 e. The van der Waals surface area contributed by atoms with Gasteiger partial charge < -0.3 is 4.74 Å². The monoisotopic (exact) mass is 216 g/mol. The van der Waals surface area contributed by atoms with Crippen molar-refractivity contribution in [2.75, 3.05) is 6.61 Å². The summed E-state index contributed by atoms with van der Waals surface area (Å²) in [4.78, 5) is 0. The summed E-state index contributed by atoms with van der Waals surface area (Å²) in [5, 5.41) is 0. The predicted molar refractivity (Wildman–Crippen MR) is 68.2 cm³/mol. The van der Waals surface area contributed by atoms with Crippen molar-refractivity contribution in [2.45, 2.75) is 38.5 Å². The van der Waals surface area contributed by atoms with E-state index in [1.165, 1.54) is 24.0 Å². The van der Waals surface area contributed by atoms with Crippen molar-refractivity contribution >= 4 is 0 Å². The van der Waals surface area contributed by atoms with Gasteiger partial charge in [0, 0.05) is 11.5 Å². The van der Waals surface area contributed by atoms with Crippen LogP contribution in [0.3, 0.4) is 0 Å². The van der Waals surface area contributed by atoms with E-state index in [9.17, 15) is 0 Å². The smallest absolute Gasteiger partial charge is 0.123 e. The Bertz CT molecular complexity index is 377. The molecule has 1 nitrogen and oxygen atoms in total. The molecule has 86 valence electrons. The van der Waals surface area contributed by atoms with Gasteiger partial charge in [-0.1, -0.05) is 25.1 Å². The Kier molecular flexibility index (Phi) is 3.33. The molecule has 1 saturated carbocycles. The summed E-state index contributed by atoms with van der Waals surface area (Å²) in [6.45, 7) is 8.79. The van der Waals surface area contributed by atoms with E-state index in [1.54, 1.807) is 0 Å². The van der Waals surface area contributed by atoms with Crippen molar-refractivity contribution in [3.05, 3.63) is 42.0 Å². The van der Waals surface area contributed by atoms with E-state index in [4.69, 9.17) is 4.74 Å². The van der Waals surface area contributed by atoms with Crippen LogP contribution >= 0.6 is 0 Å². The van der Waals surface area contributed by atoms with Crippen molar-refractivity contribution in [2.24, 2.45) is 0 Å². The van der Waals surface area contributed by atoms with Crippen molar-refractivity contribution in [1.82, 2.24) is 0 Å². The van der Waals surface area contributed by atoms with E-state index >= 15 is 0 Å². The minimum absolute atomic E-state index is 0.361. The zero-order valence-electron chi connectivity index (χ0n) is 10.2. The summed E-state index contributed by atoms with van der Waals surface area (Å²) in [7, 11) is 0. The molecule has 1 atom stereocenters. The van der Waals surface area contributed by atoms with Crippen LogP contribution in [0.1, 0.15) is 49.7 Å².